The smallest absolute Gasteiger partial charge is 0.122 e. The molecule has 1 N–H and O–H groups in total. The van der Waals surface area contributed by atoms with Crippen LogP contribution in [0.25, 0.3) is 0 Å². The number of hydrogen-bond acceptors (Lipinski definition) is 2. The van der Waals surface area contributed by atoms with Crippen LogP contribution < -0.4 is 10.1 Å². The van der Waals surface area contributed by atoms with Gasteiger partial charge in [-0.2, -0.15) is 0 Å². The van der Waals surface area contributed by atoms with Gasteiger partial charge in [0, 0.05) is 12.5 Å². The van der Waals surface area contributed by atoms with E-state index in [-0.39, 0.29) is 0 Å². The number of aryl methyl sites for hydroxylation is 1. The molecule has 1 heterocycles. The molecule has 0 aromatic heterocycles. The Kier molecular flexibility index (Phi) is 4.65. The van der Waals surface area contributed by atoms with Crippen molar-refractivity contribution in [2.45, 2.75) is 46.1 Å². The third kappa shape index (κ3) is 3.05. The van der Waals surface area contributed by atoms with Gasteiger partial charge in [0.1, 0.15) is 11.9 Å². The first-order valence-corrected chi connectivity index (χ1v) is 7.16. The minimum absolute atomic E-state index is 0.366. The lowest BCUT2D eigenvalue weighted by Gasteiger charge is -2.25. The molecule has 2 atom stereocenters. The van der Waals surface area contributed by atoms with Gasteiger partial charge in [-0.25, -0.2) is 0 Å². The molecule has 1 saturated heterocycles. The summed E-state index contributed by atoms with van der Waals surface area (Å²) < 4.78 is 6.31. The van der Waals surface area contributed by atoms with E-state index < -0.39 is 0 Å². The van der Waals surface area contributed by atoms with Gasteiger partial charge < -0.3 is 10.1 Å². The van der Waals surface area contributed by atoms with E-state index in [4.69, 9.17) is 4.74 Å². The molecule has 0 aliphatic carbocycles. The van der Waals surface area contributed by atoms with Crippen molar-refractivity contribution in [2.75, 3.05) is 13.1 Å². The minimum Gasteiger partial charge on any atom is -0.490 e. The van der Waals surface area contributed by atoms with Crippen LogP contribution in [-0.2, 0) is 0 Å². The summed E-state index contributed by atoms with van der Waals surface area (Å²) in [6.45, 7) is 8.78. The van der Waals surface area contributed by atoms with E-state index in [2.05, 4.69) is 44.3 Å². The highest BCUT2D eigenvalue weighted by atomic mass is 16.5. The summed E-state index contributed by atoms with van der Waals surface area (Å²) in [7, 11) is 0. The van der Waals surface area contributed by atoms with Gasteiger partial charge in [0.25, 0.3) is 0 Å². The molecule has 1 aromatic carbocycles. The molecule has 1 fully saturated rings. The Hall–Kier alpha value is -1.02. The quantitative estimate of drug-likeness (QED) is 0.860. The van der Waals surface area contributed by atoms with Gasteiger partial charge in [-0.1, -0.05) is 25.5 Å². The summed E-state index contributed by atoms with van der Waals surface area (Å²) in [5.41, 5.74) is 2.59. The zero-order valence-corrected chi connectivity index (χ0v) is 11.8. The van der Waals surface area contributed by atoms with E-state index in [1.807, 2.05) is 0 Å². The van der Waals surface area contributed by atoms with Crippen LogP contribution in [0.4, 0.5) is 0 Å². The molecule has 0 spiro atoms. The van der Waals surface area contributed by atoms with E-state index in [9.17, 15) is 0 Å². The number of rotatable bonds is 5. The first kappa shape index (κ1) is 13.4. The highest BCUT2D eigenvalue weighted by molar-refractivity contribution is 5.38. The lowest BCUT2D eigenvalue weighted by molar-refractivity contribution is 0.131. The van der Waals surface area contributed by atoms with Gasteiger partial charge in [-0.15, -0.1) is 0 Å². The molecule has 0 bridgehead atoms. The van der Waals surface area contributed by atoms with Crippen LogP contribution in [0.3, 0.4) is 0 Å². The lowest BCUT2D eigenvalue weighted by atomic mass is 9.97. The lowest BCUT2D eigenvalue weighted by Crippen LogP contribution is -2.29. The highest BCUT2D eigenvalue weighted by Crippen LogP contribution is 2.27. The first-order valence-electron chi connectivity index (χ1n) is 7.16. The fourth-order valence-electron chi connectivity index (χ4n) is 2.68. The number of ether oxygens (including phenoxy) is 1. The van der Waals surface area contributed by atoms with Crippen LogP contribution in [0.5, 0.6) is 5.75 Å². The average Bonchev–Trinajstić information content (AvgIpc) is 2.88. The molecule has 0 radical (unpaired) electrons. The number of nitrogens with one attached hydrogen (secondary N) is 1. The van der Waals surface area contributed by atoms with Crippen molar-refractivity contribution in [3.63, 3.8) is 0 Å². The van der Waals surface area contributed by atoms with Crippen LogP contribution in [0, 0.1) is 19.8 Å². The molecular weight excluding hydrogens is 222 g/mol. The van der Waals surface area contributed by atoms with Gasteiger partial charge in [-0.05, 0) is 50.4 Å². The van der Waals surface area contributed by atoms with Gasteiger partial charge in [0.05, 0.1) is 0 Å². The topological polar surface area (TPSA) is 21.3 Å². The highest BCUT2D eigenvalue weighted by Gasteiger charge is 2.26. The summed E-state index contributed by atoms with van der Waals surface area (Å²) in [5, 5.41) is 3.44. The zero-order valence-electron chi connectivity index (χ0n) is 11.8. The van der Waals surface area contributed by atoms with Crippen molar-refractivity contribution in [3.05, 3.63) is 29.3 Å². The van der Waals surface area contributed by atoms with Crippen LogP contribution in [-0.4, -0.2) is 19.2 Å². The van der Waals surface area contributed by atoms with Crippen molar-refractivity contribution >= 4 is 0 Å². The molecule has 2 rings (SSSR count). The standard InChI is InChI=1S/C16H25NO/c1-4-6-16(14-9-10-17-11-14)18-15-8-5-7-12(2)13(15)3/h5,7-8,14,16-17H,4,6,9-11H2,1-3H3/t14-,16-/m1/s1. The Morgan fingerprint density at radius 2 is 2.22 bits per heavy atom. The molecule has 2 nitrogen and oxygen atoms in total. The first-order chi connectivity index (χ1) is 8.72. The average molecular weight is 247 g/mol. The van der Waals surface area contributed by atoms with E-state index in [0.717, 1.165) is 25.3 Å². The molecule has 18 heavy (non-hydrogen) atoms. The summed E-state index contributed by atoms with van der Waals surface area (Å²) >= 11 is 0. The summed E-state index contributed by atoms with van der Waals surface area (Å²) in [6, 6.07) is 6.34. The number of benzene rings is 1. The van der Waals surface area contributed by atoms with Crippen molar-refractivity contribution in [1.29, 1.82) is 0 Å². The summed E-state index contributed by atoms with van der Waals surface area (Å²) in [6.07, 6.45) is 3.95. The van der Waals surface area contributed by atoms with Crippen molar-refractivity contribution in [1.82, 2.24) is 5.32 Å². The Balaban J connectivity index is 2.10. The molecule has 1 aromatic rings. The predicted molar refractivity (Wildman–Crippen MR) is 76.2 cm³/mol. The molecular formula is C16H25NO. The third-order valence-electron chi connectivity index (χ3n) is 4.03. The van der Waals surface area contributed by atoms with E-state index in [0.29, 0.717) is 12.0 Å². The van der Waals surface area contributed by atoms with Crippen LogP contribution in [0.1, 0.15) is 37.3 Å². The van der Waals surface area contributed by atoms with E-state index in [1.54, 1.807) is 0 Å². The van der Waals surface area contributed by atoms with Gasteiger partial charge in [0.15, 0.2) is 0 Å². The monoisotopic (exact) mass is 247 g/mol. The second-order valence-corrected chi connectivity index (χ2v) is 5.40. The molecule has 0 unspecified atom stereocenters. The Morgan fingerprint density at radius 3 is 2.89 bits per heavy atom. The number of hydrogen-bond donors (Lipinski definition) is 1. The molecule has 1 aliphatic heterocycles. The molecule has 0 saturated carbocycles. The SMILES string of the molecule is CCC[C@@H](Oc1cccc(C)c1C)[C@@H]1CCNC1. The second kappa shape index (κ2) is 6.24. The molecule has 2 heteroatoms. The van der Waals surface area contributed by atoms with Crippen LogP contribution >= 0.6 is 0 Å². The van der Waals surface area contributed by atoms with Crippen LogP contribution in [0.2, 0.25) is 0 Å². The molecule has 0 amide bonds. The summed E-state index contributed by atoms with van der Waals surface area (Å²) in [5.74, 6) is 1.74. The molecule has 1 aliphatic rings. The maximum absolute atomic E-state index is 6.31. The maximum Gasteiger partial charge on any atom is 0.122 e. The van der Waals surface area contributed by atoms with Gasteiger partial charge in [-0.3, -0.25) is 0 Å². The Morgan fingerprint density at radius 1 is 1.39 bits per heavy atom. The second-order valence-electron chi connectivity index (χ2n) is 5.40. The van der Waals surface area contributed by atoms with Crippen molar-refractivity contribution in [2.24, 2.45) is 5.92 Å². The van der Waals surface area contributed by atoms with Gasteiger partial charge in [0.2, 0.25) is 0 Å². The Bertz CT molecular complexity index is 383. The van der Waals surface area contributed by atoms with Crippen molar-refractivity contribution < 1.29 is 4.74 Å². The van der Waals surface area contributed by atoms with E-state index in [1.165, 1.54) is 24.0 Å². The summed E-state index contributed by atoms with van der Waals surface area (Å²) in [4.78, 5) is 0. The fraction of sp³-hybridized carbons (Fsp3) is 0.625. The van der Waals surface area contributed by atoms with Crippen LogP contribution in [0.15, 0.2) is 18.2 Å². The zero-order chi connectivity index (χ0) is 13.0. The van der Waals surface area contributed by atoms with E-state index >= 15 is 0 Å². The van der Waals surface area contributed by atoms with Crippen molar-refractivity contribution in [3.8, 4) is 5.75 Å². The Labute approximate surface area is 111 Å². The van der Waals surface area contributed by atoms with Gasteiger partial charge >= 0.3 is 0 Å². The molecule has 100 valence electrons. The largest absolute Gasteiger partial charge is 0.490 e. The third-order valence-corrected chi connectivity index (χ3v) is 4.03. The minimum atomic E-state index is 0.366. The predicted octanol–water partition coefficient (Wildman–Crippen LogP) is 3.46. The normalized spacial score (nSPS) is 20.9. The maximum atomic E-state index is 6.31. The fourth-order valence-corrected chi connectivity index (χ4v) is 2.68.